The Kier molecular flexibility index (Phi) is 5.89. The third-order valence-electron chi connectivity index (χ3n) is 4.41. The van der Waals surface area contributed by atoms with E-state index in [1.54, 1.807) is 12.1 Å². The number of halogens is 1. The smallest absolute Gasteiger partial charge is 0.230 e. The van der Waals surface area contributed by atoms with E-state index in [-0.39, 0.29) is 11.7 Å². The van der Waals surface area contributed by atoms with Crippen molar-refractivity contribution in [3.63, 3.8) is 0 Å². The lowest BCUT2D eigenvalue weighted by atomic mass is 9.86. The summed E-state index contributed by atoms with van der Waals surface area (Å²) in [6.07, 6.45) is 4.76. The third-order valence-corrected chi connectivity index (χ3v) is 6.43. The minimum atomic E-state index is -0.253. The number of amides is 1. The van der Waals surface area contributed by atoms with Crippen molar-refractivity contribution in [2.75, 3.05) is 5.75 Å². The van der Waals surface area contributed by atoms with Gasteiger partial charge in [0.1, 0.15) is 5.82 Å². The predicted octanol–water partition coefficient (Wildman–Crippen LogP) is 4.74. The highest BCUT2D eigenvalue weighted by atomic mass is 32.2. The summed E-state index contributed by atoms with van der Waals surface area (Å²) in [6.45, 7) is 2.22. The summed E-state index contributed by atoms with van der Waals surface area (Å²) in [7, 11) is 0. The fourth-order valence-electron chi connectivity index (χ4n) is 2.98. The highest BCUT2D eigenvalue weighted by Gasteiger charge is 2.22. The number of thioether (sulfide) groups is 1. The molecule has 3 rings (SSSR count). The highest BCUT2D eigenvalue weighted by Crippen LogP contribution is 2.29. The lowest BCUT2D eigenvalue weighted by Gasteiger charge is -2.29. The first kappa shape index (κ1) is 17.4. The molecule has 2 unspecified atom stereocenters. The summed E-state index contributed by atoms with van der Waals surface area (Å²) >= 11 is 2.97. The number of nitrogens with one attached hydrogen (secondary N) is 1. The van der Waals surface area contributed by atoms with Crippen molar-refractivity contribution in [2.24, 2.45) is 5.92 Å². The number of benzene rings is 1. The van der Waals surface area contributed by atoms with Gasteiger partial charge in [-0.15, -0.1) is 11.3 Å². The Morgan fingerprint density at radius 2 is 2.08 bits per heavy atom. The maximum Gasteiger partial charge on any atom is 0.230 e. The Morgan fingerprint density at radius 3 is 2.83 bits per heavy atom. The van der Waals surface area contributed by atoms with Gasteiger partial charge in [0.15, 0.2) is 4.34 Å². The van der Waals surface area contributed by atoms with E-state index in [2.05, 4.69) is 17.2 Å². The normalized spacial score (nSPS) is 20.8. The molecule has 0 spiro atoms. The van der Waals surface area contributed by atoms with Crippen molar-refractivity contribution >= 4 is 29.0 Å². The van der Waals surface area contributed by atoms with E-state index in [0.29, 0.717) is 17.7 Å². The Hall–Kier alpha value is -1.40. The standard InChI is InChI=1S/C18H21FN2OS2/c1-12-4-2-3-5-15(12)20-17(22)11-24-18-21-16(10-23-18)13-6-8-14(19)9-7-13/h6-10,12,15H,2-5,11H2,1H3,(H,20,22). The number of hydrogen-bond acceptors (Lipinski definition) is 4. The van der Waals surface area contributed by atoms with Gasteiger partial charge in [-0.05, 0) is 43.0 Å². The molecule has 2 aromatic rings. The molecule has 24 heavy (non-hydrogen) atoms. The summed E-state index contributed by atoms with van der Waals surface area (Å²) in [4.78, 5) is 16.7. The van der Waals surface area contributed by atoms with Crippen LogP contribution < -0.4 is 5.32 Å². The van der Waals surface area contributed by atoms with Crippen LogP contribution in [0, 0.1) is 11.7 Å². The van der Waals surface area contributed by atoms with Gasteiger partial charge in [-0.2, -0.15) is 0 Å². The molecule has 1 fully saturated rings. The van der Waals surface area contributed by atoms with E-state index in [0.717, 1.165) is 22.0 Å². The first-order valence-electron chi connectivity index (χ1n) is 8.25. The maximum atomic E-state index is 13.0. The first-order chi connectivity index (χ1) is 11.6. The highest BCUT2D eigenvalue weighted by molar-refractivity contribution is 8.01. The summed E-state index contributed by atoms with van der Waals surface area (Å²) in [5, 5.41) is 5.10. The topological polar surface area (TPSA) is 42.0 Å². The number of carbonyl (C=O) groups is 1. The van der Waals surface area contributed by atoms with E-state index < -0.39 is 0 Å². The van der Waals surface area contributed by atoms with Crippen LogP contribution in [0.15, 0.2) is 34.0 Å². The van der Waals surface area contributed by atoms with Crippen LogP contribution in [0.25, 0.3) is 11.3 Å². The molecule has 0 aliphatic heterocycles. The van der Waals surface area contributed by atoms with E-state index >= 15 is 0 Å². The van der Waals surface area contributed by atoms with Crippen LogP contribution in [0.4, 0.5) is 4.39 Å². The molecule has 0 bridgehead atoms. The molecule has 2 atom stereocenters. The van der Waals surface area contributed by atoms with Crippen LogP contribution in [0.3, 0.4) is 0 Å². The van der Waals surface area contributed by atoms with Crippen molar-refractivity contribution in [3.05, 3.63) is 35.5 Å². The average Bonchev–Trinajstić information content (AvgIpc) is 3.05. The van der Waals surface area contributed by atoms with E-state index in [1.807, 2.05) is 5.38 Å². The van der Waals surface area contributed by atoms with Crippen molar-refractivity contribution in [3.8, 4) is 11.3 Å². The molecule has 1 amide bonds. The lowest BCUT2D eigenvalue weighted by Crippen LogP contribution is -2.41. The lowest BCUT2D eigenvalue weighted by molar-refractivity contribution is -0.119. The second kappa shape index (κ2) is 8.12. The molecule has 3 nitrogen and oxygen atoms in total. The van der Waals surface area contributed by atoms with Crippen molar-refractivity contribution in [1.29, 1.82) is 0 Å². The van der Waals surface area contributed by atoms with Gasteiger partial charge < -0.3 is 5.32 Å². The van der Waals surface area contributed by atoms with Gasteiger partial charge in [-0.25, -0.2) is 9.37 Å². The van der Waals surface area contributed by atoms with Crippen LogP contribution in [0.5, 0.6) is 0 Å². The molecule has 1 aromatic carbocycles. The van der Waals surface area contributed by atoms with Gasteiger partial charge in [-0.1, -0.05) is 31.5 Å². The zero-order chi connectivity index (χ0) is 16.9. The molecule has 1 saturated carbocycles. The van der Waals surface area contributed by atoms with Gasteiger partial charge in [0.25, 0.3) is 0 Å². The second-order valence-electron chi connectivity index (χ2n) is 6.23. The maximum absolute atomic E-state index is 13.0. The van der Waals surface area contributed by atoms with Crippen LogP contribution in [0.1, 0.15) is 32.6 Å². The van der Waals surface area contributed by atoms with Crippen LogP contribution in [-0.2, 0) is 4.79 Å². The molecule has 1 aromatic heterocycles. The number of thiazole rings is 1. The Morgan fingerprint density at radius 1 is 1.33 bits per heavy atom. The van der Waals surface area contributed by atoms with Gasteiger partial charge in [0.05, 0.1) is 11.4 Å². The fourth-order valence-corrected chi connectivity index (χ4v) is 4.63. The fraction of sp³-hybridized carbons (Fsp3) is 0.444. The second-order valence-corrected chi connectivity index (χ2v) is 8.31. The molecular formula is C18H21FN2OS2. The van der Waals surface area contributed by atoms with E-state index in [9.17, 15) is 9.18 Å². The summed E-state index contributed by atoms with van der Waals surface area (Å²) in [6, 6.07) is 6.62. The summed E-state index contributed by atoms with van der Waals surface area (Å²) in [5.74, 6) is 0.784. The number of aromatic nitrogens is 1. The summed E-state index contributed by atoms with van der Waals surface area (Å²) < 4.78 is 13.8. The minimum Gasteiger partial charge on any atom is -0.352 e. The zero-order valence-corrected chi connectivity index (χ0v) is 15.3. The molecule has 1 heterocycles. The molecule has 0 saturated heterocycles. The Balaban J connectivity index is 1.51. The Bertz CT molecular complexity index is 687. The molecule has 6 heteroatoms. The molecule has 128 valence electrons. The first-order valence-corrected chi connectivity index (χ1v) is 10.1. The van der Waals surface area contributed by atoms with Crippen molar-refractivity contribution in [1.82, 2.24) is 10.3 Å². The van der Waals surface area contributed by atoms with E-state index in [4.69, 9.17) is 0 Å². The monoisotopic (exact) mass is 364 g/mol. The molecular weight excluding hydrogens is 343 g/mol. The van der Waals surface area contributed by atoms with Crippen LogP contribution in [0.2, 0.25) is 0 Å². The predicted molar refractivity (Wildman–Crippen MR) is 97.8 cm³/mol. The molecule has 0 radical (unpaired) electrons. The quantitative estimate of drug-likeness (QED) is 0.780. The molecule has 1 N–H and O–H groups in total. The average molecular weight is 365 g/mol. The van der Waals surface area contributed by atoms with Crippen LogP contribution in [-0.4, -0.2) is 22.7 Å². The minimum absolute atomic E-state index is 0.0808. The Labute approximate surface area is 150 Å². The molecule has 1 aliphatic carbocycles. The van der Waals surface area contributed by atoms with Crippen molar-refractivity contribution in [2.45, 2.75) is 43.0 Å². The zero-order valence-electron chi connectivity index (χ0n) is 13.6. The number of nitrogens with zero attached hydrogens (tertiary/aromatic N) is 1. The van der Waals surface area contributed by atoms with Gasteiger partial charge in [0.2, 0.25) is 5.91 Å². The van der Waals surface area contributed by atoms with Crippen LogP contribution >= 0.6 is 23.1 Å². The van der Waals surface area contributed by atoms with Gasteiger partial charge in [-0.3, -0.25) is 4.79 Å². The van der Waals surface area contributed by atoms with Crippen molar-refractivity contribution < 1.29 is 9.18 Å². The summed E-state index contributed by atoms with van der Waals surface area (Å²) in [5.41, 5.74) is 1.71. The third kappa shape index (κ3) is 4.57. The van der Waals surface area contributed by atoms with Gasteiger partial charge in [0, 0.05) is 17.0 Å². The number of hydrogen-bond donors (Lipinski definition) is 1. The SMILES string of the molecule is CC1CCCCC1NC(=O)CSc1nc(-c2ccc(F)cc2)cs1. The number of carbonyl (C=O) groups excluding carboxylic acids is 1. The number of rotatable bonds is 5. The molecule has 1 aliphatic rings. The van der Waals surface area contributed by atoms with E-state index in [1.165, 1.54) is 54.5 Å². The van der Waals surface area contributed by atoms with Gasteiger partial charge >= 0.3 is 0 Å². The largest absolute Gasteiger partial charge is 0.352 e.